The maximum absolute atomic E-state index is 13.7. The first-order valence-corrected chi connectivity index (χ1v) is 9.49. The Bertz CT molecular complexity index is 1280. The van der Waals surface area contributed by atoms with E-state index >= 15 is 0 Å². The molecule has 0 saturated carbocycles. The van der Waals surface area contributed by atoms with E-state index in [-0.39, 0.29) is 22.6 Å². The molecule has 0 bridgehead atoms. The Labute approximate surface area is 181 Å². The molecule has 1 heterocycles. The zero-order valence-corrected chi connectivity index (χ0v) is 17.1. The van der Waals surface area contributed by atoms with Crippen molar-refractivity contribution in [2.24, 2.45) is 0 Å². The predicted octanol–water partition coefficient (Wildman–Crippen LogP) is 5.31. The Hall–Kier alpha value is -4.01. The van der Waals surface area contributed by atoms with E-state index in [2.05, 4.69) is 10.3 Å². The van der Waals surface area contributed by atoms with Gasteiger partial charge in [0.25, 0.3) is 5.91 Å². The van der Waals surface area contributed by atoms with Crippen LogP contribution in [0.5, 0.6) is 11.5 Å². The molecule has 4 rings (SSSR count). The lowest BCUT2D eigenvalue weighted by Gasteiger charge is -2.13. The summed E-state index contributed by atoms with van der Waals surface area (Å²) in [6.45, 7) is 0. The number of carbonyl (C=O) groups excluding carboxylic acids is 1. The molecule has 0 fully saturated rings. The number of benzene rings is 3. The maximum Gasteiger partial charge on any atom is 0.450 e. The summed E-state index contributed by atoms with van der Waals surface area (Å²) in [6, 6.07) is 17.2. The molecule has 32 heavy (non-hydrogen) atoms. The first kappa shape index (κ1) is 21.2. The van der Waals surface area contributed by atoms with Gasteiger partial charge in [-0.15, -0.1) is 0 Å². The lowest BCUT2D eigenvalue weighted by molar-refractivity contribution is -0.145. The fourth-order valence-electron chi connectivity index (χ4n) is 3.30. The summed E-state index contributed by atoms with van der Waals surface area (Å²) in [4.78, 5) is 16.2. The van der Waals surface area contributed by atoms with Crippen molar-refractivity contribution in [3.05, 3.63) is 78.1 Å². The molecular formula is C23H18F3N3O3. The lowest BCUT2D eigenvalue weighted by atomic mass is 10.2. The first-order chi connectivity index (χ1) is 15.3. The van der Waals surface area contributed by atoms with E-state index in [0.29, 0.717) is 22.7 Å². The molecule has 1 amide bonds. The van der Waals surface area contributed by atoms with Crippen LogP contribution in [0.2, 0.25) is 0 Å². The van der Waals surface area contributed by atoms with Gasteiger partial charge in [0.2, 0.25) is 5.82 Å². The SMILES string of the molecule is COc1cccc(C(=O)Nc2ccc(-n3c(C(F)(F)F)nc4cc(OC)ccc43)cc2)c1. The fourth-order valence-corrected chi connectivity index (χ4v) is 3.30. The number of methoxy groups -OCH3 is 2. The Balaban J connectivity index is 1.67. The lowest BCUT2D eigenvalue weighted by Crippen LogP contribution is -2.14. The van der Waals surface area contributed by atoms with Crippen LogP contribution in [0.25, 0.3) is 16.7 Å². The zero-order valence-electron chi connectivity index (χ0n) is 17.1. The van der Waals surface area contributed by atoms with Crippen molar-refractivity contribution in [2.45, 2.75) is 6.18 Å². The highest BCUT2D eigenvalue weighted by Crippen LogP contribution is 2.35. The number of carbonyl (C=O) groups is 1. The summed E-state index contributed by atoms with van der Waals surface area (Å²) in [5.41, 5.74) is 1.52. The van der Waals surface area contributed by atoms with Crippen molar-refractivity contribution in [2.75, 3.05) is 19.5 Å². The summed E-state index contributed by atoms with van der Waals surface area (Å²) in [7, 11) is 2.93. The average Bonchev–Trinajstić information content (AvgIpc) is 3.19. The van der Waals surface area contributed by atoms with Gasteiger partial charge in [0, 0.05) is 23.0 Å². The van der Waals surface area contributed by atoms with E-state index < -0.39 is 12.0 Å². The summed E-state index contributed by atoms with van der Waals surface area (Å²) in [5.74, 6) is -0.468. The van der Waals surface area contributed by atoms with Crippen molar-refractivity contribution in [3.8, 4) is 17.2 Å². The van der Waals surface area contributed by atoms with Crippen molar-refractivity contribution in [1.29, 1.82) is 0 Å². The van der Waals surface area contributed by atoms with Gasteiger partial charge in [-0.3, -0.25) is 9.36 Å². The summed E-state index contributed by atoms with van der Waals surface area (Å²) in [6.07, 6.45) is -4.66. The number of hydrogen-bond donors (Lipinski definition) is 1. The summed E-state index contributed by atoms with van der Waals surface area (Å²) >= 11 is 0. The number of imidazole rings is 1. The van der Waals surface area contributed by atoms with E-state index in [4.69, 9.17) is 9.47 Å². The van der Waals surface area contributed by atoms with Gasteiger partial charge in [-0.05, 0) is 54.6 Å². The van der Waals surface area contributed by atoms with Crippen LogP contribution in [0.4, 0.5) is 18.9 Å². The molecule has 0 aliphatic heterocycles. The molecule has 4 aromatic rings. The third-order valence-electron chi connectivity index (χ3n) is 4.83. The van der Waals surface area contributed by atoms with Gasteiger partial charge in [0.05, 0.1) is 25.3 Å². The van der Waals surface area contributed by atoms with Gasteiger partial charge in [0.15, 0.2) is 0 Å². The van der Waals surface area contributed by atoms with Crippen LogP contribution in [-0.4, -0.2) is 29.7 Å². The van der Waals surface area contributed by atoms with Crippen LogP contribution in [0, 0.1) is 0 Å². The van der Waals surface area contributed by atoms with Crippen LogP contribution in [-0.2, 0) is 6.18 Å². The van der Waals surface area contributed by atoms with Crippen LogP contribution >= 0.6 is 0 Å². The number of alkyl halides is 3. The van der Waals surface area contributed by atoms with Crippen LogP contribution in [0.3, 0.4) is 0 Å². The number of aromatic nitrogens is 2. The van der Waals surface area contributed by atoms with E-state index in [1.807, 2.05) is 0 Å². The molecule has 0 saturated heterocycles. The third kappa shape index (κ3) is 4.09. The number of ether oxygens (including phenoxy) is 2. The molecule has 1 aromatic heterocycles. The molecule has 3 aromatic carbocycles. The summed E-state index contributed by atoms with van der Waals surface area (Å²) < 4.78 is 52.3. The molecule has 0 unspecified atom stereocenters. The van der Waals surface area contributed by atoms with Crippen molar-refractivity contribution in [3.63, 3.8) is 0 Å². The number of halogens is 3. The second-order valence-corrected chi connectivity index (χ2v) is 6.86. The first-order valence-electron chi connectivity index (χ1n) is 9.49. The van der Waals surface area contributed by atoms with Gasteiger partial charge in [-0.1, -0.05) is 6.07 Å². The van der Waals surface area contributed by atoms with Crippen LogP contribution in [0.15, 0.2) is 66.7 Å². The number of nitrogens with zero attached hydrogens (tertiary/aromatic N) is 2. The van der Waals surface area contributed by atoms with Gasteiger partial charge < -0.3 is 14.8 Å². The Morgan fingerprint density at radius 2 is 1.62 bits per heavy atom. The Kier molecular flexibility index (Phi) is 5.48. The largest absolute Gasteiger partial charge is 0.497 e. The molecule has 0 aliphatic rings. The maximum atomic E-state index is 13.7. The molecule has 0 radical (unpaired) electrons. The van der Waals surface area contributed by atoms with Gasteiger partial charge in [0.1, 0.15) is 11.5 Å². The van der Waals surface area contributed by atoms with E-state index in [9.17, 15) is 18.0 Å². The molecule has 1 N–H and O–H groups in total. The standard InChI is InChI=1S/C23H18F3N3O3/c1-31-17-5-3-4-14(12-17)21(30)27-15-6-8-16(9-7-15)29-20-11-10-18(32-2)13-19(20)28-22(29)23(24,25)26/h3-13H,1-2H3,(H,27,30). The van der Waals surface area contributed by atoms with Crippen molar-refractivity contribution in [1.82, 2.24) is 9.55 Å². The number of anilines is 1. The number of rotatable bonds is 5. The predicted molar refractivity (Wildman–Crippen MR) is 114 cm³/mol. The Morgan fingerprint density at radius 3 is 2.28 bits per heavy atom. The van der Waals surface area contributed by atoms with Gasteiger partial charge in [-0.25, -0.2) is 4.98 Å². The Morgan fingerprint density at radius 1 is 0.938 bits per heavy atom. The van der Waals surface area contributed by atoms with Gasteiger partial charge in [-0.2, -0.15) is 13.2 Å². The fraction of sp³-hybridized carbons (Fsp3) is 0.130. The molecule has 0 atom stereocenters. The smallest absolute Gasteiger partial charge is 0.450 e. The third-order valence-corrected chi connectivity index (χ3v) is 4.83. The minimum Gasteiger partial charge on any atom is -0.497 e. The zero-order chi connectivity index (χ0) is 22.9. The highest BCUT2D eigenvalue weighted by Gasteiger charge is 2.38. The monoisotopic (exact) mass is 441 g/mol. The van der Waals surface area contributed by atoms with Crippen molar-refractivity contribution >= 4 is 22.6 Å². The molecule has 6 nitrogen and oxygen atoms in total. The highest BCUT2D eigenvalue weighted by molar-refractivity contribution is 6.04. The number of fused-ring (bicyclic) bond motifs is 1. The second-order valence-electron chi connectivity index (χ2n) is 6.86. The van der Waals surface area contributed by atoms with E-state index in [1.54, 1.807) is 30.3 Å². The van der Waals surface area contributed by atoms with Crippen molar-refractivity contribution < 1.29 is 27.4 Å². The van der Waals surface area contributed by atoms with Crippen LogP contribution < -0.4 is 14.8 Å². The number of nitrogens with one attached hydrogen (secondary N) is 1. The van der Waals surface area contributed by atoms with E-state index in [0.717, 1.165) is 4.57 Å². The molecule has 0 spiro atoms. The van der Waals surface area contributed by atoms with Gasteiger partial charge >= 0.3 is 6.18 Å². The summed E-state index contributed by atoms with van der Waals surface area (Å²) in [5, 5.41) is 2.72. The van der Waals surface area contributed by atoms with E-state index in [1.165, 1.54) is 50.6 Å². The number of hydrogen-bond acceptors (Lipinski definition) is 4. The highest BCUT2D eigenvalue weighted by atomic mass is 19.4. The normalized spacial score (nSPS) is 11.4. The minimum atomic E-state index is -4.66. The minimum absolute atomic E-state index is 0.159. The number of amides is 1. The topological polar surface area (TPSA) is 65.4 Å². The molecule has 0 aliphatic carbocycles. The average molecular weight is 441 g/mol. The second kappa shape index (κ2) is 8.26. The van der Waals surface area contributed by atoms with Crippen LogP contribution in [0.1, 0.15) is 16.2 Å². The molecule has 164 valence electrons. The quantitative estimate of drug-likeness (QED) is 0.456. The molecule has 9 heteroatoms. The molecular weight excluding hydrogens is 423 g/mol.